The van der Waals surface area contributed by atoms with Crippen molar-refractivity contribution in [2.45, 2.75) is 51.4 Å². The summed E-state index contributed by atoms with van der Waals surface area (Å²) in [5, 5.41) is 17.8. The van der Waals surface area contributed by atoms with Crippen LogP contribution in [0, 0.1) is 17.3 Å². The van der Waals surface area contributed by atoms with Gasteiger partial charge in [0.15, 0.2) is 0 Å². The minimum atomic E-state index is 0.330. The van der Waals surface area contributed by atoms with E-state index in [0.29, 0.717) is 18.6 Å². The molecule has 2 unspecified atom stereocenters. The summed E-state index contributed by atoms with van der Waals surface area (Å²) in [7, 11) is 0. The van der Waals surface area contributed by atoms with Gasteiger partial charge in [0.1, 0.15) is 0 Å². The van der Waals surface area contributed by atoms with E-state index in [0.717, 1.165) is 37.5 Å². The van der Waals surface area contributed by atoms with Crippen molar-refractivity contribution in [2.24, 2.45) is 17.3 Å². The zero-order valence-corrected chi connectivity index (χ0v) is 10.8. The zero-order valence-electron chi connectivity index (χ0n) is 10.8. The molecule has 2 N–H and O–H groups in total. The van der Waals surface area contributed by atoms with Crippen LogP contribution in [-0.2, 0) is 0 Å². The summed E-state index contributed by atoms with van der Waals surface area (Å²) in [6.45, 7) is 0.660. The molecule has 1 saturated carbocycles. The molecule has 0 saturated heterocycles. The molecule has 0 aromatic carbocycles. The Morgan fingerprint density at radius 3 is 2.00 bits per heavy atom. The van der Waals surface area contributed by atoms with Crippen LogP contribution in [0.4, 0.5) is 0 Å². The molecule has 0 radical (unpaired) electrons. The summed E-state index contributed by atoms with van der Waals surface area (Å²) in [4.78, 5) is 0. The van der Waals surface area contributed by atoms with E-state index in [2.05, 4.69) is 12.2 Å². The first-order chi connectivity index (χ1) is 8.30. The van der Waals surface area contributed by atoms with Crippen molar-refractivity contribution in [3.63, 3.8) is 0 Å². The van der Waals surface area contributed by atoms with Crippen LogP contribution in [0.15, 0.2) is 12.2 Å². The molecule has 0 aromatic rings. The van der Waals surface area contributed by atoms with Crippen molar-refractivity contribution in [3.05, 3.63) is 12.2 Å². The lowest BCUT2D eigenvalue weighted by Crippen LogP contribution is -2.26. The van der Waals surface area contributed by atoms with Crippen molar-refractivity contribution in [1.82, 2.24) is 0 Å². The first kappa shape index (κ1) is 13.1. The van der Waals surface area contributed by atoms with Gasteiger partial charge in [-0.05, 0) is 55.8 Å². The molecule has 0 spiro atoms. The number of aliphatic hydroxyl groups is 2. The number of unbranched alkanes of at least 4 members (excludes halogenated alkanes) is 2. The molecule has 1 fully saturated rings. The molecule has 2 aliphatic carbocycles. The first-order valence-electron chi connectivity index (χ1n) is 7.21. The van der Waals surface area contributed by atoms with Gasteiger partial charge in [-0.15, -0.1) is 0 Å². The van der Waals surface area contributed by atoms with Gasteiger partial charge in [-0.2, -0.15) is 0 Å². The second-order valence-corrected chi connectivity index (χ2v) is 5.92. The molecule has 17 heavy (non-hydrogen) atoms. The Hall–Kier alpha value is -0.340. The SMILES string of the molecule is OCCCCC1(CCCCO)CC2C=CC1C2. The molecule has 2 nitrogen and oxygen atoms in total. The number of hydrogen-bond acceptors (Lipinski definition) is 2. The van der Waals surface area contributed by atoms with E-state index in [-0.39, 0.29) is 0 Å². The molecule has 98 valence electrons. The lowest BCUT2D eigenvalue weighted by atomic mass is 9.69. The Morgan fingerprint density at radius 1 is 0.941 bits per heavy atom. The molecule has 2 heteroatoms. The van der Waals surface area contributed by atoms with E-state index >= 15 is 0 Å². The van der Waals surface area contributed by atoms with E-state index in [1.54, 1.807) is 0 Å². The van der Waals surface area contributed by atoms with Crippen LogP contribution in [0.25, 0.3) is 0 Å². The Labute approximate surface area is 105 Å². The molecular formula is C15H26O2. The van der Waals surface area contributed by atoms with Crippen molar-refractivity contribution in [2.75, 3.05) is 13.2 Å². The van der Waals surface area contributed by atoms with Crippen LogP contribution in [0.5, 0.6) is 0 Å². The number of rotatable bonds is 8. The second-order valence-electron chi connectivity index (χ2n) is 5.92. The summed E-state index contributed by atoms with van der Waals surface area (Å²) in [5.41, 5.74) is 0.504. The lowest BCUT2D eigenvalue weighted by molar-refractivity contribution is 0.163. The van der Waals surface area contributed by atoms with E-state index in [9.17, 15) is 0 Å². The van der Waals surface area contributed by atoms with Gasteiger partial charge in [-0.1, -0.05) is 25.0 Å². The number of fused-ring (bicyclic) bond motifs is 2. The standard InChI is InChI=1S/C15H26O2/c16-9-3-1-7-15(8-2-4-10-17)12-13-5-6-14(15)11-13/h5-6,13-14,16-17H,1-4,7-12H2. The molecule has 0 amide bonds. The molecule has 2 atom stereocenters. The lowest BCUT2D eigenvalue weighted by Gasteiger charge is -2.36. The summed E-state index contributed by atoms with van der Waals surface area (Å²) in [6, 6.07) is 0. The highest BCUT2D eigenvalue weighted by Gasteiger charge is 2.46. The van der Waals surface area contributed by atoms with Crippen LogP contribution in [0.3, 0.4) is 0 Å². The van der Waals surface area contributed by atoms with Crippen molar-refractivity contribution in [3.8, 4) is 0 Å². The maximum Gasteiger partial charge on any atom is 0.0431 e. The van der Waals surface area contributed by atoms with E-state index in [1.807, 2.05) is 0 Å². The van der Waals surface area contributed by atoms with E-state index < -0.39 is 0 Å². The van der Waals surface area contributed by atoms with E-state index in [4.69, 9.17) is 10.2 Å². The smallest absolute Gasteiger partial charge is 0.0431 e. The van der Waals surface area contributed by atoms with Crippen molar-refractivity contribution in [1.29, 1.82) is 0 Å². The van der Waals surface area contributed by atoms with E-state index in [1.165, 1.54) is 25.7 Å². The Morgan fingerprint density at radius 2 is 1.59 bits per heavy atom. The van der Waals surface area contributed by atoms with Crippen molar-refractivity contribution >= 4 is 0 Å². The summed E-state index contributed by atoms with van der Waals surface area (Å²) in [6.07, 6.45) is 14.3. The third-order valence-corrected chi connectivity index (χ3v) is 4.79. The summed E-state index contributed by atoms with van der Waals surface area (Å²) in [5.74, 6) is 1.60. The van der Waals surface area contributed by atoms with Gasteiger partial charge < -0.3 is 10.2 Å². The predicted octanol–water partition coefficient (Wildman–Crippen LogP) is 2.89. The average Bonchev–Trinajstić information content (AvgIpc) is 2.90. The maximum atomic E-state index is 8.92. The van der Waals surface area contributed by atoms with Gasteiger partial charge in [0.25, 0.3) is 0 Å². The Balaban J connectivity index is 1.90. The van der Waals surface area contributed by atoms with Crippen LogP contribution >= 0.6 is 0 Å². The average molecular weight is 238 g/mol. The van der Waals surface area contributed by atoms with Gasteiger partial charge in [0, 0.05) is 13.2 Å². The first-order valence-corrected chi connectivity index (χ1v) is 7.21. The highest BCUT2D eigenvalue weighted by molar-refractivity contribution is 5.15. The van der Waals surface area contributed by atoms with Gasteiger partial charge in [-0.3, -0.25) is 0 Å². The number of hydrogen-bond donors (Lipinski definition) is 2. The zero-order chi connectivity index (χ0) is 12.1. The minimum absolute atomic E-state index is 0.330. The fourth-order valence-corrected chi connectivity index (χ4v) is 3.93. The normalized spacial score (nSPS) is 29.1. The highest BCUT2D eigenvalue weighted by atomic mass is 16.3. The molecule has 0 aliphatic heterocycles. The largest absolute Gasteiger partial charge is 0.396 e. The fraction of sp³-hybridized carbons (Fsp3) is 0.867. The van der Waals surface area contributed by atoms with Crippen LogP contribution in [0.1, 0.15) is 51.4 Å². The quantitative estimate of drug-likeness (QED) is 0.504. The third kappa shape index (κ3) is 2.92. The minimum Gasteiger partial charge on any atom is -0.396 e. The Bertz CT molecular complexity index is 250. The second kappa shape index (κ2) is 6.01. The topological polar surface area (TPSA) is 40.5 Å². The third-order valence-electron chi connectivity index (χ3n) is 4.79. The molecular weight excluding hydrogens is 212 g/mol. The van der Waals surface area contributed by atoms with Gasteiger partial charge in [0.05, 0.1) is 0 Å². The molecule has 2 aliphatic rings. The highest BCUT2D eigenvalue weighted by Crippen LogP contribution is 2.57. The van der Waals surface area contributed by atoms with Gasteiger partial charge in [-0.25, -0.2) is 0 Å². The molecule has 0 aromatic heterocycles. The molecule has 2 bridgehead atoms. The number of allylic oxidation sites excluding steroid dienone is 2. The Kier molecular flexibility index (Phi) is 4.63. The van der Waals surface area contributed by atoms with Gasteiger partial charge >= 0.3 is 0 Å². The summed E-state index contributed by atoms with van der Waals surface area (Å²) >= 11 is 0. The van der Waals surface area contributed by atoms with Crippen molar-refractivity contribution < 1.29 is 10.2 Å². The maximum absolute atomic E-state index is 8.92. The van der Waals surface area contributed by atoms with Crippen LogP contribution in [-0.4, -0.2) is 23.4 Å². The van der Waals surface area contributed by atoms with Crippen LogP contribution < -0.4 is 0 Å². The summed E-state index contributed by atoms with van der Waals surface area (Å²) < 4.78 is 0. The monoisotopic (exact) mass is 238 g/mol. The van der Waals surface area contributed by atoms with Gasteiger partial charge in [0.2, 0.25) is 0 Å². The molecule has 0 heterocycles. The molecule has 2 rings (SSSR count). The fourth-order valence-electron chi connectivity index (χ4n) is 3.93. The predicted molar refractivity (Wildman–Crippen MR) is 69.7 cm³/mol. The van der Waals surface area contributed by atoms with Crippen LogP contribution in [0.2, 0.25) is 0 Å². The number of aliphatic hydroxyl groups excluding tert-OH is 2.